The predicted octanol–water partition coefficient (Wildman–Crippen LogP) is 3.75. The molecule has 0 saturated heterocycles. The smallest absolute Gasteiger partial charge is 0.150 e. The van der Waals surface area contributed by atoms with Crippen molar-refractivity contribution in [1.29, 1.82) is 0 Å². The first-order valence-electron chi connectivity index (χ1n) is 4.35. The molecule has 0 aliphatic rings. The van der Waals surface area contributed by atoms with E-state index in [9.17, 15) is 0 Å². The third kappa shape index (κ3) is 2.09. The van der Waals surface area contributed by atoms with Crippen LogP contribution >= 0.6 is 34.9 Å². The minimum absolute atomic E-state index is 0.936. The quantitative estimate of drug-likeness (QED) is 0.781. The fourth-order valence-electron chi connectivity index (χ4n) is 1.32. The molecule has 2 nitrogen and oxygen atoms in total. The van der Waals surface area contributed by atoms with Gasteiger partial charge < -0.3 is 4.74 Å². The summed E-state index contributed by atoms with van der Waals surface area (Å²) in [5.41, 5.74) is 1.06. The highest BCUT2D eigenvalue weighted by Crippen LogP contribution is 2.36. The third-order valence-corrected chi connectivity index (χ3v) is 4.81. The van der Waals surface area contributed by atoms with Gasteiger partial charge in [0, 0.05) is 6.07 Å². The Balaban J connectivity index is 2.61. The summed E-state index contributed by atoms with van der Waals surface area (Å²) in [7, 11) is 1.71. The van der Waals surface area contributed by atoms with Crippen LogP contribution < -0.4 is 4.74 Å². The van der Waals surface area contributed by atoms with Gasteiger partial charge in [-0.25, -0.2) is 4.98 Å². The van der Waals surface area contributed by atoms with E-state index in [0.717, 1.165) is 20.5 Å². The Hall–Kier alpha value is -0.390. The molecule has 80 valence electrons. The van der Waals surface area contributed by atoms with Gasteiger partial charge in [-0.1, -0.05) is 11.8 Å². The highest BCUT2D eigenvalue weighted by Gasteiger charge is 2.08. The Kier molecular flexibility index (Phi) is 3.43. The minimum atomic E-state index is 0.936. The molecule has 0 saturated carbocycles. The largest absolute Gasteiger partial charge is 0.496 e. The maximum Gasteiger partial charge on any atom is 0.150 e. The van der Waals surface area contributed by atoms with Crippen molar-refractivity contribution in [2.24, 2.45) is 0 Å². The Morgan fingerprint density at radius 2 is 2.07 bits per heavy atom. The van der Waals surface area contributed by atoms with E-state index in [4.69, 9.17) is 4.74 Å². The van der Waals surface area contributed by atoms with Gasteiger partial charge in [-0.05, 0) is 18.6 Å². The highest BCUT2D eigenvalue weighted by atomic mass is 32.2. The number of aromatic nitrogens is 1. The average molecular weight is 257 g/mol. The van der Waals surface area contributed by atoms with Crippen LogP contribution in [0.3, 0.4) is 0 Å². The molecule has 0 radical (unpaired) electrons. The van der Waals surface area contributed by atoms with Gasteiger partial charge >= 0.3 is 0 Å². The molecule has 0 unspecified atom stereocenters. The first kappa shape index (κ1) is 11.1. The molecular weight excluding hydrogens is 246 g/mol. The van der Waals surface area contributed by atoms with Gasteiger partial charge in [0.2, 0.25) is 0 Å². The summed E-state index contributed by atoms with van der Waals surface area (Å²) in [4.78, 5) is 5.67. The van der Waals surface area contributed by atoms with Gasteiger partial charge in [-0.2, -0.15) is 0 Å². The summed E-state index contributed by atoms with van der Waals surface area (Å²) in [5.74, 6) is 0.936. The molecule has 1 aromatic carbocycles. The summed E-state index contributed by atoms with van der Waals surface area (Å²) in [6.45, 7) is 0. The first-order chi connectivity index (χ1) is 7.28. The van der Waals surface area contributed by atoms with Crippen molar-refractivity contribution in [3.05, 3.63) is 12.1 Å². The van der Waals surface area contributed by atoms with Crippen LogP contribution in [0.25, 0.3) is 10.2 Å². The molecule has 0 fully saturated rings. The Bertz CT molecular complexity index is 440. The fourth-order valence-corrected chi connectivity index (χ4v) is 3.39. The van der Waals surface area contributed by atoms with Crippen molar-refractivity contribution in [3.63, 3.8) is 0 Å². The summed E-state index contributed by atoms with van der Waals surface area (Å²) < 4.78 is 7.63. The number of thioether (sulfide) groups is 2. The van der Waals surface area contributed by atoms with Crippen LogP contribution in [0.1, 0.15) is 0 Å². The Morgan fingerprint density at radius 3 is 2.67 bits per heavy atom. The minimum Gasteiger partial charge on any atom is -0.496 e. The van der Waals surface area contributed by atoms with E-state index >= 15 is 0 Å². The standard InChI is InChI=1S/C10H11NOS3/c1-12-7-5-8-6(4-9(7)13-2)11-10(14-3)15-8/h4-5H,1-3H3. The van der Waals surface area contributed by atoms with Gasteiger partial charge in [0.15, 0.2) is 4.34 Å². The van der Waals surface area contributed by atoms with Crippen molar-refractivity contribution in [2.45, 2.75) is 9.24 Å². The lowest BCUT2D eigenvalue weighted by Crippen LogP contribution is -1.85. The number of methoxy groups -OCH3 is 1. The molecule has 0 N–H and O–H groups in total. The van der Waals surface area contributed by atoms with Gasteiger partial charge in [-0.15, -0.1) is 23.1 Å². The van der Waals surface area contributed by atoms with E-state index in [2.05, 4.69) is 17.1 Å². The van der Waals surface area contributed by atoms with E-state index in [1.54, 1.807) is 42.0 Å². The van der Waals surface area contributed by atoms with Gasteiger partial charge in [0.25, 0.3) is 0 Å². The lowest BCUT2D eigenvalue weighted by Gasteiger charge is -2.04. The van der Waals surface area contributed by atoms with Crippen molar-refractivity contribution in [1.82, 2.24) is 4.98 Å². The van der Waals surface area contributed by atoms with Crippen LogP contribution in [-0.4, -0.2) is 24.6 Å². The molecule has 1 heterocycles. The van der Waals surface area contributed by atoms with Crippen LogP contribution in [0.2, 0.25) is 0 Å². The molecule has 1 aromatic heterocycles. The van der Waals surface area contributed by atoms with Crippen LogP contribution in [0.5, 0.6) is 5.75 Å². The maximum absolute atomic E-state index is 5.34. The number of hydrogen-bond donors (Lipinski definition) is 0. The Labute approximate surface area is 101 Å². The second-order valence-corrected chi connectivity index (χ2v) is 5.79. The zero-order valence-electron chi connectivity index (χ0n) is 8.73. The molecule has 0 spiro atoms. The summed E-state index contributed by atoms with van der Waals surface area (Å²) in [5, 5.41) is 0. The number of benzene rings is 1. The lowest BCUT2D eigenvalue weighted by molar-refractivity contribution is 0.405. The third-order valence-electron chi connectivity index (χ3n) is 2.05. The summed E-state index contributed by atoms with van der Waals surface area (Å²) in [6, 6.07) is 4.16. The second-order valence-electron chi connectivity index (χ2n) is 2.86. The van der Waals surface area contributed by atoms with E-state index in [1.165, 1.54) is 4.70 Å². The van der Waals surface area contributed by atoms with Gasteiger partial charge in [0.1, 0.15) is 5.75 Å². The summed E-state index contributed by atoms with van der Waals surface area (Å²) >= 11 is 5.07. The monoisotopic (exact) mass is 257 g/mol. The molecule has 0 atom stereocenters. The number of ether oxygens (including phenoxy) is 1. The molecule has 2 rings (SSSR count). The van der Waals surface area contributed by atoms with E-state index in [-0.39, 0.29) is 0 Å². The fraction of sp³-hybridized carbons (Fsp3) is 0.300. The SMILES string of the molecule is COc1cc2sc(SC)nc2cc1SC. The zero-order chi connectivity index (χ0) is 10.8. The number of nitrogens with zero attached hydrogens (tertiary/aromatic N) is 1. The van der Waals surface area contributed by atoms with Crippen molar-refractivity contribution < 1.29 is 4.74 Å². The normalized spacial score (nSPS) is 10.9. The Morgan fingerprint density at radius 1 is 1.27 bits per heavy atom. The molecule has 0 amide bonds. The van der Waals surface area contributed by atoms with Crippen LogP contribution in [0.15, 0.2) is 21.4 Å². The summed E-state index contributed by atoms with van der Waals surface area (Å²) in [6.07, 6.45) is 4.09. The number of thiazole rings is 1. The lowest BCUT2D eigenvalue weighted by atomic mass is 10.3. The zero-order valence-corrected chi connectivity index (χ0v) is 11.2. The van der Waals surface area contributed by atoms with E-state index in [1.807, 2.05) is 12.5 Å². The molecule has 0 bridgehead atoms. The number of hydrogen-bond acceptors (Lipinski definition) is 5. The number of fused-ring (bicyclic) bond motifs is 1. The van der Waals surface area contributed by atoms with Crippen LogP contribution in [0.4, 0.5) is 0 Å². The number of rotatable bonds is 3. The highest BCUT2D eigenvalue weighted by molar-refractivity contribution is 8.00. The molecular formula is C10H11NOS3. The molecule has 5 heteroatoms. The molecule has 0 aliphatic carbocycles. The van der Waals surface area contributed by atoms with Crippen molar-refractivity contribution in [2.75, 3.05) is 19.6 Å². The molecule has 0 aliphatic heterocycles. The van der Waals surface area contributed by atoms with E-state index in [0.29, 0.717) is 0 Å². The van der Waals surface area contributed by atoms with Crippen LogP contribution in [0, 0.1) is 0 Å². The van der Waals surface area contributed by atoms with Crippen molar-refractivity contribution >= 4 is 45.1 Å². The maximum atomic E-state index is 5.34. The average Bonchev–Trinajstić information content (AvgIpc) is 2.68. The van der Waals surface area contributed by atoms with E-state index < -0.39 is 0 Å². The van der Waals surface area contributed by atoms with Crippen LogP contribution in [-0.2, 0) is 0 Å². The predicted molar refractivity (Wildman–Crippen MR) is 69.7 cm³/mol. The van der Waals surface area contributed by atoms with Crippen molar-refractivity contribution in [3.8, 4) is 5.75 Å². The second kappa shape index (κ2) is 4.63. The topological polar surface area (TPSA) is 22.1 Å². The van der Waals surface area contributed by atoms with Gasteiger partial charge in [-0.3, -0.25) is 0 Å². The molecule has 15 heavy (non-hydrogen) atoms. The first-order valence-corrected chi connectivity index (χ1v) is 7.61. The molecule has 2 aromatic rings. The van der Waals surface area contributed by atoms with Gasteiger partial charge in [0.05, 0.1) is 22.2 Å².